The van der Waals surface area contributed by atoms with E-state index in [2.05, 4.69) is 15.6 Å². The van der Waals surface area contributed by atoms with Crippen molar-refractivity contribution in [2.75, 3.05) is 5.32 Å². The molecule has 2 aromatic rings. The zero-order valence-corrected chi connectivity index (χ0v) is 16.4. The minimum absolute atomic E-state index is 0.00236. The molecule has 4 saturated carbocycles. The molecule has 0 unspecified atom stereocenters. The van der Waals surface area contributed by atoms with Crippen molar-refractivity contribution in [1.82, 2.24) is 14.9 Å². The largest absolute Gasteiger partial charge is 0.332 e. The third kappa shape index (κ3) is 3.21. The maximum Gasteiger partial charge on any atom is 0.319 e. The topological polar surface area (TPSA) is 59.0 Å². The first-order valence-corrected chi connectivity index (χ1v) is 10.3. The van der Waals surface area contributed by atoms with Gasteiger partial charge in [0.2, 0.25) is 0 Å². The van der Waals surface area contributed by atoms with Crippen LogP contribution >= 0.6 is 23.2 Å². The molecule has 0 spiro atoms. The number of aromatic nitrogens is 2. The summed E-state index contributed by atoms with van der Waals surface area (Å²) in [6, 6.07) is 7.38. The van der Waals surface area contributed by atoms with Crippen LogP contribution in [0.15, 0.2) is 30.6 Å². The fourth-order valence-electron chi connectivity index (χ4n) is 5.89. The highest BCUT2D eigenvalue weighted by atomic mass is 35.5. The van der Waals surface area contributed by atoms with E-state index in [1.54, 1.807) is 10.9 Å². The summed E-state index contributed by atoms with van der Waals surface area (Å²) in [4.78, 5) is 16.7. The van der Waals surface area contributed by atoms with Gasteiger partial charge in [-0.25, -0.2) is 9.78 Å². The van der Waals surface area contributed by atoms with Crippen LogP contribution in [-0.2, 0) is 0 Å². The van der Waals surface area contributed by atoms with E-state index in [4.69, 9.17) is 23.2 Å². The van der Waals surface area contributed by atoms with Crippen molar-refractivity contribution in [3.63, 3.8) is 0 Å². The average molecular weight is 405 g/mol. The summed E-state index contributed by atoms with van der Waals surface area (Å²) in [5, 5.41) is 6.94. The van der Waals surface area contributed by atoms with Crippen LogP contribution in [0.25, 0.3) is 5.69 Å². The van der Waals surface area contributed by atoms with Gasteiger partial charge < -0.3 is 10.6 Å². The monoisotopic (exact) mass is 404 g/mol. The van der Waals surface area contributed by atoms with Crippen LogP contribution in [0.5, 0.6) is 0 Å². The molecular weight excluding hydrogens is 383 g/mol. The molecule has 4 bridgehead atoms. The van der Waals surface area contributed by atoms with Crippen molar-refractivity contribution < 1.29 is 4.79 Å². The summed E-state index contributed by atoms with van der Waals surface area (Å²) in [6.45, 7) is 0. The Labute approximate surface area is 168 Å². The van der Waals surface area contributed by atoms with Crippen LogP contribution in [0, 0.1) is 17.8 Å². The number of urea groups is 1. The molecule has 2 N–H and O–H groups in total. The van der Waals surface area contributed by atoms with Crippen LogP contribution in [0.3, 0.4) is 0 Å². The van der Waals surface area contributed by atoms with E-state index < -0.39 is 0 Å². The summed E-state index contributed by atoms with van der Waals surface area (Å²) < 4.78 is 1.69. The number of hydrogen-bond donors (Lipinski definition) is 2. The first-order chi connectivity index (χ1) is 13.0. The number of carbonyl (C=O) groups excluding carboxylic acids is 1. The van der Waals surface area contributed by atoms with Crippen LogP contribution in [0.4, 0.5) is 10.5 Å². The quantitative estimate of drug-likeness (QED) is 0.731. The lowest BCUT2D eigenvalue weighted by Gasteiger charge is -2.56. The lowest BCUT2D eigenvalue weighted by molar-refractivity contribution is -0.0127. The third-order valence-corrected chi connectivity index (χ3v) is 7.20. The number of rotatable bonds is 3. The van der Waals surface area contributed by atoms with Gasteiger partial charge in [-0.15, -0.1) is 0 Å². The Morgan fingerprint density at radius 2 is 1.78 bits per heavy atom. The van der Waals surface area contributed by atoms with E-state index in [1.165, 1.54) is 19.3 Å². The van der Waals surface area contributed by atoms with Crippen molar-refractivity contribution >= 4 is 34.9 Å². The molecule has 0 saturated heterocycles. The zero-order chi connectivity index (χ0) is 18.6. The van der Waals surface area contributed by atoms with Gasteiger partial charge in [0.15, 0.2) is 10.3 Å². The molecule has 142 valence electrons. The van der Waals surface area contributed by atoms with E-state index >= 15 is 0 Å². The predicted molar refractivity (Wildman–Crippen MR) is 107 cm³/mol. The van der Waals surface area contributed by atoms with Gasteiger partial charge in [-0.05, 0) is 74.5 Å². The van der Waals surface area contributed by atoms with E-state index in [0.717, 1.165) is 48.4 Å². The number of benzene rings is 1. The van der Waals surface area contributed by atoms with E-state index in [0.29, 0.717) is 5.15 Å². The van der Waals surface area contributed by atoms with Gasteiger partial charge in [-0.2, -0.15) is 0 Å². The van der Waals surface area contributed by atoms with Gasteiger partial charge in [-0.1, -0.05) is 29.3 Å². The van der Waals surface area contributed by atoms with E-state index in [1.807, 2.05) is 24.3 Å². The smallest absolute Gasteiger partial charge is 0.319 e. The first-order valence-electron chi connectivity index (χ1n) is 9.58. The zero-order valence-electron chi connectivity index (χ0n) is 14.9. The Balaban J connectivity index is 1.30. The van der Waals surface area contributed by atoms with Gasteiger partial charge in [-0.3, -0.25) is 4.57 Å². The highest BCUT2D eigenvalue weighted by Gasteiger charge is 2.51. The van der Waals surface area contributed by atoms with Gasteiger partial charge >= 0.3 is 6.03 Å². The number of hydrogen-bond acceptors (Lipinski definition) is 2. The first kappa shape index (κ1) is 17.4. The second kappa shape index (κ2) is 6.42. The molecule has 0 atom stereocenters. The van der Waals surface area contributed by atoms with Crippen LogP contribution in [0.1, 0.15) is 38.5 Å². The second-order valence-corrected chi connectivity index (χ2v) is 9.24. The molecule has 0 radical (unpaired) electrons. The molecule has 0 aliphatic heterocycles. The van der Waals surface area contributed by atoms with Crippen molar-refractivity contribution in [2.45, 2.75) is 44.1 Å². The molecule has 1 aromatic heterocycles. The minimum atomic E-state index is -0.121. The third-order valence-electron chi connectivity index (χ3n) is 6.47. The second-order valence-electron chi connectivity index (χ2n) is 8.52. The number of imidazole rings is 1. The number of amides is 2. The molecule has 27 heavy (non-hydrogen) atoms. The summed E-state index contributed by atoms with van der Waals surface area (Å²) in [6.07, 6.45) is 9.05. The van der Waals surface area contributed by atoms with Crippen molar-refractivity contribution in [2.24, 2.45) is 17.8 Å². The Bertz CT molecular complexity index is 859. The van der Waals surface area contributed by atoms with Crippen molar-refractivity contribution in [1.29, 1.82) is 0 Å². The highest BCUT2D eigenvalue weighted by molar-refractivity contribution is 6.40. The van der Waals surface area contributed by atoms with Crippen LogP contribution in [0.2, 0.25) is 10.3 Å². The lowest BCUT2D eigenvalue weighted by Crippen LogP contribution is -2.60. The maximum absolute atomic E-state index is 12.7. The summed E-state index contributed by atoms with van der Waals surface area (Å²) >= 11 is 12.1. The average Bonchev–Trinajstić information content (AvgIpc) is 2.92. The van der Waals surface area contributed by atoms with E-state index in [9.17, 15) is 4.79 Å². The summed E-state index contributed by atoms with van der Waals surface area (Å²) in [5.74, 6) is 2.40. The SMILES string of the molecule is O=C(Nc1cccc(-n2cnc(Cl)c2Cl)c1)NC12CC3CC(CC(C3)C1)C2. The van der Waals surface area contributed by atoms with Gasteiger partial charge in [0.1, 0.15) is 6.33 Å². The molecule has 1 heterocycles. The predicted octanol–water partition coefficient (Wildman–Crippen LogP) is 5.27. The Hall–Kier alpha value is -1.72. The molecule has 4 aliphatic rings. The molecule has 2 amide bonds. The fraction of sp³-hybridized carbons (Fsp3) is 0.500. The molecule has 4 aliphatic carbocycles. The Kier molecular flexibility index (Phi) is 4.13. The maximum atomic E-state index is 12.7. The van der Waals surface area contributed by atoms with Crippen molar-refractivity contribution in [3.05, 3.63) is 40.9 Å². The number of nitrogens with zero attached hydrogens (tertiary/aromatic N) is 2. The van der Waals surface area contributed by atoms with Crippen molar-refractivity contribution in [3.8, 4) is 5.69 Å². The van der Waals surface area contributed by atoms with Crippen LogP contribution in [-0.4, -0.2) is 21.1 Å². The minimum Gasteiger partial charge on any atom is -0.332 e. The Morgan fingerprint density at radius 1 is 1.11 bits per heavy atom. The molecular formula is C20H22Cl2N4O. The molecule has 5 nitrogen and oxygen atoms in total. The summed E-state index contributed by atoms with van der Waals surface area (Å²) in [5.41, 5.74) is 1.51. The van der Waals surface area contributed by atoms with Gasteiger partial charge in [0.25, 0.3) is 0 Å². The summed E-state index contributed by atoms with van der Waals surface area (Å²) in [7, 11) is 0. The van der Waals surface area contributed by atoms with Gasteiger partial charge in [0, 0.05) is 11.2 Å². The van der Waals surface area contributed by atoms with Crippen LogP contribution < -0.4 is 10.6 Å². The highest BCUT2D eigenvalue weighted by Crippen LogP contribution is 2.55. The standard InChI is InChI=1S/C20H22Cl2N4O/c21-17-18(22)26(11-23-17)16-3-1-2-15(7-16)24-19(27)25-20-8-12-4-13(9-20)6-14(5-12)10-20/h1-3,7,11-14H,4-6,8-10H2,(H2,24,25,27). The lowest BCUT2D eigenvalue weighted by atomic mass is 9.53. The number of carbonyl (C=O) groups is 1. The fourth-order valence-corrected chi connectivity index (χ4v) is 6.22. The number of anilines is 1. The molecule has 7 heteroatoms. The Morgan fingerprint density at radius 3 is 2.37 bits per heavy atom. The molecule has 6 rings (SSSR count). The molecule has 1 aromatic carbocycles. The van der Waals surface area contributed by atoms with E-state index in [-0.39, 0.29) is 16.7 Å². The number of halogens is 2. The number of nitrogens with one attached hydrogen (secondary N) is 2. The normalized spacial score (nSPS) is 31.1. The van der Waals surface area contributed by atoms with Gasteiger partial charge in [0.05, 0.1) is 5.69 Å². The molecule has 4 fully saturated rings.